The zero-order valence-corrected chi connectivity index (χ0v) is 18.8. The standard InChI is InChI=1S/C25H27F3N4O2/c1-3-5-19(9-8-17(2)24(34)30-12-13-33)22-10-11-29-23-16-21(31-32(22)23)15-18-6-4-7-20(14-18)25(26,27)28/h3-7,10-11,14,16,19,33H,2,8-9,12-13,15H2,1H3,(H,30,34)/b5-3-. The van der Waals surface area contributed by atoms with Crippen molar-refractivity contribution in [1.82, 2.24) is 19.9 Å². The molecule has 0 spiro atoms. The summed E-state index contributed by atoms with van der Waals surface area (Å²) in [7, 11) is 0. The number of hydrogen-bond donors (Lipinski definition) is 2. The summed E-state index contributed by atoms with van der Waals surface area (Å²) in [5.41, 5.74) is 2.28. The van der Waals surface area contributed by atoms with Crippen LogP contribution in [0.25, 0.3) is 5.65 Å². The zero-order valence-electron chi connectivity index (χ0n) is 18.8. The molecule has 3 rings (SSSR count). The molecule has 3 aromatic rings. The molecular formula is C25H27F3N4O2. The number of aromatic nitrogens is 3. The Labute approximate surface area is 195 Å². The van der Waals surface area contributed by atoms with Crippen LogP contribution >= 0.6 is 0 Å². The number of carbonyl (C=O) groups excluding carboxylic acids is 1. The maximum atomic E-state index is 13.1. The van der Waals surface area contributed by atoms with Crippen LogP contribution in [0.15, 0.2) is 66.9 Å². The first-order valence-electron chi connectivity index (χ1n) is 10.9. The molecule has 180 valence electrons. The van der Waals surface area contributed by atoms with Crippen LogP contribution in [0.4, 0.5) is 13.2 Å². The molecule has 9 heteroatoms. The summed E-state index contributed by atoms with van der Waals surface area (Å²) in [6.07, 6.45) is 2.46. The highest BCUT2D eigenvalue weighted by atomic mass is 19.4. The van der Waals surface area contributed by atoms with Crippen molar-refractivity contribution in [2.45, 2.75) is 38.3 Å². The molecule has 0 aliphatic carbocycles. The molecule has 1 unspecified atom stereocenters. The molecule has 6 nitrogen and oxygen atoms in total. The highest BCUT2D eigenvalue weighted by Crippen LogP contribution is 2.30. The number of fused-ring (bicyclic) bond motifs is 1. The third-order valence-corrected chi connectivity index (χ3v) is 5.36. The van der Waals surface area contributed by atoms with E-state index in [4.69, 9.17) is 5.11 Å². The van der Waals surface area contributed by atoms with E-state index in [1.165, 1.54) is 6.07 Å². The van der Waals surface area contributed by atoms with E-state index in [0.717, 1.165) is 17.8 Å². The van der Waals surface area contributed by atoms with Gasteiger partial charge in [0.15, 0.2) is 5.65 Å². The topological polar surface area (TPSA) is 79.5 Å². The number of rotatable bonds is 10. The Balaban J connectivity index is 1.82. The van der Waals surface area contributed by atoms with Gasteiger partial charge in [0.05, 0.1) is 23.6 Å². The maximum Gasteiger partial charge on any atom is 0.416 e. The Morgan fingerprint density at radius 2 is 2.09 bits per heavy atom. The van der Waals surface area contributed by atoms with E-state index >= 15 is 0 Å². The number of benzene rings is 1. The van der Waals surface area contributed by atoms with Crippen molar-refractivity contribution >= 4 is 11.6 Å². The van der Waals surface area contributed by atoms with Crippen LogP contribution in [0.3, 0.4) is 0 Å². The Morgan fingerprint density at radius 1 is 1.29 bits per heavy atom. The summed E-state index contributed by atoms with van der Waals surface area (Å²) in [6.45, 7) is 5.77. The van der Waals surface area contributed by atoms with Crippen molar-refractivity contribution in [2.24, 2.45) is 0 Å². The number of aliphatic hydroxyl groups is 1. The van der Waals surface area contributed by atoms with Crippen molar-refractivity contribution < 1.29 is 23.1 Å². The van der Waals surface area contributed by atoms with E-state index in [2.05, 4.69) is 22.0 Å². The summed E-state index contributed by atoms with van der Waals surface area (Å²) in [5.74, 6) is -0.380. The third-order valence-electron chi connectivity index (χ3n) is 5.36. The molecule has 0 aliphatic heterocycles. The van der Waals surface area contributed by atoms with E-state index < -0.39 is 11.7 Å². The first-order chi connectivity index (χ1) is 16.2. The number of nitrogens with zero attached hydrogens (tertiary/aromatic N) is 3. The van der Waals surface area contributed by atoms with E-state index in [-0.39, 0.29) is 31.4 Å². The fraction of sp³-hybridized carbons (Fsp3) is 0.320. The Hall–Kier alpha value is -3.46. The number of alkyl halides is 3. The summed E-state index contributed by atoms with van der Waals surface area (Å²) in [6, 6.07) is 8.82. The second kappa shape index (κ2) is 11.1. The molecule has 2 N–H and O–H groups in total. The van der Waals surface area contributed by atoms with Gasteiger partial charge < -0.3 is 10.4 Å². The van der Waals surface area contributed by atoms with Gasteiger partial charge in [-0.3, -0.25) is 4.79 Å². The van der Waals surface area contributed by atoms with E-state index in [1.54, 1.807) is 22.8 Å². The van der Waals surface area contributed by atoms with Crippen molar-refractivity contribution in [1.29, 1.82) is 0 Å². The fourth-order valence-corrected chi connectivity index (χ4v) is 3.71. The number of aliphatic hydroxyl groups excluding tert-OH is 1. The second-order valence-corrected chi connectivity index (χ2v) is 7.90. The van der Waals surface area contributed by atoms with Crippen LogP contribution in [0, 0.1) is 0 Å². The van der Waals surface area contributed by atoms with Crippen LogP contribution in [-0.4, -0.2) is 38.8 Å². The number of carbonyl (C=O) groups is 1. The lowest BCUT2D eigenvalue weighted by molar-refractivity contribution is -0.137. The van der Waals surface area contributed by atoms with Gasteiger partial charge in [0.25, 0.3) is 0 Å². The molecular weight excluding hydrogens is 445 g/mol. The molecule has 2 heterocycles. The van der Waals surface area contributed by atoms with E-state index in [9.17, 15) is 18.0 Å². The monoisotopic (exact) mass is 472 g/mol. The number of allylic oxidation sites excluding steroid dienone is 2. The summed E-state index contributed by atoms with van der Waals surface area (Å²) >= 11 is 0. The summed E-state index contributed by atoms with van der Waals surface area (Å²) in [4.78, 5) is 16.4. The van der Waals surface area contributed by atoms with Gasteiger partial charge in [-0.15, -0.1) is 0 Å². The quantitative estimate of drug-likeness (QED) is 0.338. The molecule has 1 amide bonds. The minimum atomic E-state index is -4.40. The minimum Gasteiger partial charge on any atom is -0.395 e. The average molecular weight is 473 g/mol. The van der Waals surface area contributed by atoms with Crippen molar-refractivity contribution in [3.05, 3.63) is 89.4 Å². The van der Waals surface area contributed by atoms with Crippen molar-refractivity contribution in [3.63, 3.8) is 0 Å². The molecule has 0 bridgehead atoms. The fourth-order valence-electron chi connectivity index (χ4n) is 3.71. The molecule has 0 saturated carbocycles. The van der Waals surface area contributed by atoms with Gasteiger partial charge in [-0.2, -0.15) is 18.3 Å². The average Bonchev–Trinajstić information content (AvgIpc) is 3.22. The molecule has 1 atom stereocenters. The van der Waals surface area contributed by atoms with Crippen LogP contribution < -0.4 is 5.32 Å². The van der Waals surface area contributed by atoms with Gasteiger partial charge in [-0.05, 0) is 37.5 Å². The van der Waals surface area contributed by atoms with Crippen LogP contribution in [0.5, 0.6) is 0 Å². The Morgan fingerprint density at radius 3 is 2.79 bits per heavy atom. The van der Waals surface area contributed by atoms with Gasteiger partial charge >= 0.3 is 6.18 Å². The van der Waals surface area contributed by atoms with Crippen molar-refractivity contribution in [2.75, 3.05) is 13.2 Å². The molecule has 0 saturated heterocycles. The van der Waals surface area contributed by atoms with Crippen LogP contribution in [-0.2, 0) is 17.4 Å². The first-order valence-corrected chi connectivity index (χ1v) is 10.9. The molecule has 2 aromatic heterocycles. The summed E-state index contributed by atoms with van der Waals surface area (Å²) in [5, 5.41) is 16.1. The third kappa shape index (κ3) is 6.32. The van der Waals surface area contributed by atoms with Gasteiger partial charge in [0.2, 0.25) is 5.91 Å². The first kappa shape index (κ1) is 25.2. The summed E-state index contributed by atoms with van der Waals surface area (Å²) < 4.78 is 40.8. The molecule has 0 aliphatic rings. The highest BCUT2D eigenvalue weighted by molar-refractivity contribution is 5.92. The predicted octanol–water partition coefficient (Wildman–Crippen LogP) is 4.44. The number of hydrogen-bond acceptors (Lipinski definition) is 4. The van der Waals surface area contributed by atoms with Gasteiger partial charge in [0.1, 0.15) is 0 Å². The molecule has 1 aromatic carbocycles. The number of halogens is 3. The number of nitrogens with one attached hydrogen (secondary N) is 1. The lowest BCUT2D eigenvalue weighted by atomic mass is 9.95. The smallest absolute Gasteiger partial charge is 0.395 e. The molecule has 0 fully saturated rings. The SMILES string of the molecule is C=C(CCC(/C=C\C)c1ccnc2cc(Cc3cccc(C(F)(F)F)c3)nn12)C(=O)NCCO. The number of amides is 1. The van der Waals surface area contributed by atoms with Crippen molar-refractivity contribution in [3.8, 4) is 0 Å². The van der Waals surface area contributed by atoms with Crippen LogP contribution in [0.2, 0.25) is 0 Å². The second-order valence-electron chi connectivity index (χ2n) is 7.90. The van der Waals surface area contributed by atoms with E-state index in [0.29, 0.717) is 35.3 Å². The normalized spacial score (nSPS) is 12.9. The maximum absolute atomic E-state index is 13.1. The van der Waals surface area contributed by atoms with E-state index in [1.807, 2.05) is 25.1 Å². The van der Waals surface area contributed by atoms with Gasteiger partial charge in [-0.1, -0.05) is 36.9 Å². The lowest BCUT2D eigenvalue weighted by Crippen LogP contribution is -2.27. The van der Waals surface area contributed by atoms with Gasteiger partial charge in [0, 0.05) is 36.7 Å². The Kier molecular flexibility index (Phi) is 8.22. The predicted molar refractivity (Wildman–Crippen MR) is 123 cm³/mol. The minimum absolute atomic E-state index is 0.0841. The molecule has 0 radical (unpaired) electrons. The lowest BCUT2D eigenvalue weighted by Gasteiger charge is -2.15. The highest BCUT2D eigenvalue weighted by Gasteiger charge is 2.30. The molecule has 34 heavy (non-hydrogen) atoms. The Bertz CT molecular complexity index is 1180. The largest absolute Gasteiger partial charge is 0.416 e. The van der Waals surface area contributed by atoms with Gasteiger partial charge in [-0.25, -0.2) is 9.50 Å². The zero-order chi connectivity index (χ0) is 24.7. The van der Waals surface area contributed by atoms with Crippen LogP contribution in [0.1, 0.15) is 48.2 Å².